The Morgan fingerprint density at radius 2 is 1.96 bits per heavy atom. The van der Waals surface area contributed by atoms with E-state index < -0.39 is 4.92 Å². The molecule has 1 heterocycles. The van der Waals surface area contributed by atoms with Crippen LogP contribution in [0.25, 0.3) is 16.9 Å². The van der Waals surface area contributed by atoms with Crippen molar-refractivity contribution in [3.63, 3.8) is 0 Å². The van der Waals surface area contributed by atoms with Gasteiger partial charge in [-0.1, -0.05) is 42.1 Å². The SMILES string of the molecule is CC(C)NC(=O)CSc1ncc(-c2cccc([N+](=O)[O-])c2)n1-c1ccccc1. The number of hydrogen-bond donors (Lipinski definition) is 1. The number of nitro groups is 1. The Hall–Kier alpha value is -3.13. The minimum Gasteiger partial charge on any atom is -0.353 e. The Bertz CT molecular complexity index is 986. The zero-order valence-electron chi connectivity index (χ0n) is 15.5. The van der Waals surface area contributed by atoms with Crippen LogP contribution in [0.2, 0.25) is 0 Å². The van der Waals surface area contributed by atoms with Crippen LogP contribution in [0.5, 0.6) is 0 Å². The summed E-state index contributed by atoms with van der Waals surface area (Å²) in [5.74, 6) is 0.163. The molecule has 28 heavy (non-hydrogen) atoms. The van der Waals surface area contributed by atoms with E-state index in [1.165, 1.54) is 23.9 Å². The molecular formula is C20H20N4O3S. The monoisotopic (exact) mass is 396 g/mol. The minimum atomic E-state index is -0.418. The Morgan fingerprint density at radius 1 is 1.21 bits per heavy atom. The average Bonchev–Trinajstić information content (AvgIpc) is 3.10. The van der Waals surface area contributed by atoms with Gasteiger partial charge in [0.2, 0.25) is 5.91 Å². The van der Waals surface area contributed by atoms with Crippen LogP contribution >= 0.6 is 11.8 Å². The highest BCUT2D eigenvalue weighted by Crippen LogP contribution is 2.31. The molecule has 0 saturated heterocycles. The standard InChI is InChI=1S/C20H20N4O3S/c1-14(2)22-19(25)13-28-20-21-12-18(23(20)16-8-4-3-5-9-16)15-7-6-10-17(11-15)24(26)27/h3-12,14H,13H2,1-2H3,(H,22,25). The summed E-state index contributed by atoms with van der Waals surface area (Å²) in [5, 5.41) is 14.6. The van der Waals surface area contributed by atoms with Crippen LogP contribution in [-0.4, -0.2) is 32.2 Å². The summed E-state index contributed by atoms with van der Waals surface area (Å²) >= 11 is 1.32. The molecule has 1 N–H and O–H groups in total. The third-order valence-electron chi connectivity index (χ3n) is 3.88. The van der Waals surface area contributed by atoms with E-state index in [4.69, 9.17) is 0 Å². The maximum Gasteiger partial charge on any atom is 0.270 e. The molecule has 0 aliphatic heterocycles. The smallest absolute Gasteiger partial charge is 0.270 e. The third kappa shape index (κ3) is 4.58. The highest BCUT2D eigenvalue weighted by Gasteiger charge is 2.17. The summed E-state index contributed by atoms with van der Waals surface area (Å²) in [6, 6.07) is 16.1. The molecule has 0 atom stereocenters. The van der Waals surface area contributed by atoms with Crippen molar-refractivity contribution < 1.29 is 9.72 Å². The molecule has 0 saturated carbocycles. The maximum atomic E-state index is 12.0. The first-order chi connectivity index (χ1) is 13.5. The number of nitrogens with one attached hydrogen (secondary N) is 1. The second kappa shape index (κ2) is 8.71. The molecule has 0 aliphatic rings. The van der Waals surface area contributed by atoms with Gasteiger partial charge in [0.05, 0.1) is 22.6 Å². The van der Waals surface area contributed by atoms with E-state index in [-0.39, 0.29) is 23.4 Å². The highest BCUT2D eigenvalue weighted by molar-refractivity contribution is 7.99. The van der Waals surface area contributed by atoms with Gasteiger partial charge in [-0.2, -0.15) is 0 Å². The fourth-order valence-corrected chi connectivity index (χ4v) is 3.54. The Labute approximate surface area is 166 Å². The lowest BCUT2D eigenvalue weighted by Gasteiger charge is -2.12. The van der Waals surface area contributed by atoms with E-state index in [1.54, 1.807) is 12.3 Å². The zero-order valence-corrected chi connectivity index (χ0v) is 16.3. The molecule has 2 aromatic carbocycles. The van der Waals surface area contributed by atoms with Crippen molar-refractivity contribution in [2.75, 3.05) is 5.75 Å². The van der Waals surface area contributed by atoms with Crippen molar-refractivity contribution in [1.82, 2.24) is 14.9 Å². The minimum absolute atomic E-state index is 0.0174. The van der Waals surface area contributed by atoms with Gasteiger partial charge in [0.1, 0.15) is 0 Å². The quantitative estimate of drug-likeness (QED) is 0.369. The van der Waals surface area contributed by atoms with Gasteiger partial charge in [-0.05, 0) is 26.0 Å². The summed E-state index contributed by atoms with van der Waals surface area (Å²) in [6.07, 6.45) is 1.68. The van der Waals surface area contributed by atoms with E-state index in [2.05, 4.69) is 10.3 Å². The maximum absolute atomic E-state index is 12.0. The first kappa shape index (κ1) is 19.6. The number of para-hydroxylation sites is 1. The van der Waals surface area contributed by atoms with Crippen molar-refractivity contribution in [3.05, 3.63) is 70.9 Å². The number of carbonyl (C=O) groups is 1. The topological polar surface area (TPSA) is 90.1 Å². The van der Waals surface area contributed by atoms with Crippen LogP contribution in [0.3, 0.4) is 0 Å². The van der Waals surface area contributed by atoms with Crippen LogP contribution in [0.4, 0.5) is 5.69 Å². The predicted molar refractivity (Wildman–Crippen MR) is 110 cm³/mol. The van der Waals surface area contributed by atoms with Gasteiger partial charge in [-0.3, -0.25) is 19.5 Å². The number of hydrogen-bond acceptors (Lipinski definition) is 5. The number of benzene rings is 2. The average molecular weight is 396 g/mol. The molecule has 0 aliphatic carbocycles. The van der Waals surface area contributed by atoms with Crippen molar-refractivity contribution in [2.45, 2.75) is 25.0 Å². The zero-order chi connectivity index (χ0) is 20.1. The molecule has 7 nitrogen and oxygen atoms in total. The lowest BCUT2D eigenvalue weighted by Crippen LogP contribution is -2.31. The number of amides is 1. The van der Waals surface area contributed by atoms with Crippen molar-refractivity contribution in [1.29, 1.82) is 0 Å². The first-order valence-corrected chi connectivity index (χ1v) is 9.74. The number of carbonyl (C=O) groups excluding carboxylic acids is 1. The summed E-state index contributed by atoms with van der Waals surface area (Å²) in [7, 11) is 0. The van der Waals surface area contributed by atoms with E-state index in [0.29, 0.717) is 10.7 Å². The largest absolute Gasteiger partial charge is 0.353 e. The van der Waals surface area contributed by atoms with E-state index in [9.17, 15) is 14.9 Å². The van der Waals surface area contributed by atoms with Gasteiger partial charge in [0.25, 0.3) is 5.69 Å². The highest BCUT2D eigenvalue weighted by atomic mass is 32.2. The fraction of sp³-hybridized carbons (Fsp3) is 0.200. The molecule has 3 rings (SSSR count). The summed E-state index contributed by atoms with van der Waals surface area (Å²) in [6.45, 7) is 3.82. The van der Waals surface area contributed by atoms with Crippen molar-refractivity contribution in [2.24, 2.45) is 0 Å². The molecule has 0 bridgehead atoms. The van der Waals surface area contributed by atoms with Gasteiger partial charge >= 0.3 is 0 Å². The Morgan fingerprint density at radius 3 is 2.64 bits per heavy atom. The van der Waals surface area contributed by atoms with Crippen LogP contribution in [0, 0.1) is 10.1 Å². The number of rotatable bonds is 7. The summed E-state index contributed by atoms with van der Waals surface area (Å²) < 4.78 is 1.91. The molecule has 1 amide bonds. The molecule has 8 heteroatoms. The molecular weight excluding hydrogens is 376 g/mol. The van der Waals surface area contributed by atoms with Gasteiger partial charge in [0.15, 0.2) is 5.16 Å². The van der Waals surface area contributed by atoms with Gasteiger partial charge in [-0.25, -0.2) is 4.98 Å². The number of nitrogens with zero attached hydrogens (tertiary/aromatic N) is 3. The van der Waals surface area contributed by atoms with Gasteiger partial charge in [0, 0.05) is 29.4 Å². The van der Waals surface area contributed by atoms with Crippen molar-refractivity contribution in [3.8, 4) is 16.9 Å². The first-order valence-electron chi connectivity index (χ1n) is 8.76. The van der Waals surface area contributed by atoms with Crippen LogP contribution in [-0.2, 0) is 4.79 Å². The summed E-state index contributed by atoms with van der Waals surface area (Å²) in [5.41, 5.74) is 2.29. The lowest BCUT2D eigenvalue weighted by atomic mass is 10.1. The molecule has 0 fully saturated rings. The number of nitro benzene ring substituents is 1. The number of imidazole rings is 1. The van der Waals surface area contributed by atoms with Crippen LogP contribution in [0.1, 0.15) is 13.8 Å². The molecule has 0 radical (unpaired) electrons. The fourth-order valence-electron chi connectivity index (χ4n) is 2.74. The summed E-state index contributed by atoms with van der Waals surface area (Å²) in [4.78, 5) is 27.2. The Balaban J connectivity index is 2.00. The number of thioether (sulfide) groups is 1. The van der Waals surface area contributed by atoms with Crippen LogP contribution < -0.4 is 5.32 Å². The molecule has 0 spiro atoms. The Kier molecular flexibility index (Phi) is 6.10. The van der Waals surface area contributed by atoms with Crippen LogP contribution in [0.15, 0.2) is 66.0 Å². The number of aromatic nitrogens is 2. The second-order valence-electron chi connectivity index (χ2n) is 6.42. The third-order valence-corrected chi connectivity index (χ3v) is 4.83. The molecule has 0 unspecified atom stereocenters. The lowest BCUT2D eigenvalue weighted by molar-refractivity contribution is -0.384. The van der Waals surface area contributed by atoms with Gasteiger partial charge in [-0.15, -0.1) is 0 Å². The van der Waals surface area contributed by atoms with E-state index in [1.807, 2.05) is 54.8 Å². The van der Waals surface area contributed by atoms with Gasteiger partial charge < -0.3 is 5.32 Å². The van der Waals surface area contributed by atoms with E-state index >= 15 is 0 Å². The predicted octanol–water partition coefficient (Wildman–Crippen LogP) is 4.06. The molecule has 144 valence electrons. The normalized spacial score (nSPS) is 10.8. The molecule has 1 aromatic heterocycles. The van der Waals surface area contributed by atoms with E-state index in [0.717, 1.165) is 11.4 Å². The number of non-ortho nitro benzene ring substituents is 1. The molecule has 3 aromatic rings. The second-order valence-corrected chi connectivity index (χ2v) is 7.36. The van der Waals surface area contributed by atoms with Crippen molar-refractivity contribution >= 4 is 23.4 Å².